The predicted octanol–water partition coefficient (Wildman–Crippen LogP) is 1.28. The van der Waals surface area contributed by atoms with Crippen molar-refractivity contribution < 1.29 is 23.4 Å². The first-order valence-corrected chi connectivity index (χ1v) is 5.62. The van der Waals surface area contributed by atoms with Gasteiger partial charge in [-0.15, -0.1) is 0 Å². The summed E-state index contributed by atoms with van der Waals surface area (Å²) in [6, 6.07) is 0. The fourth-order valence-corrected chi connectivity index (χ4v) is 1.33. The van der Waals surface area contributed by atoms with Gasteiger partial charge >= 0.3 is 0 Å². The maximum atomic E-state index is 11.8. The molecule has 6 heteroatoms. The van der Waals surface area contributed by atoms with E-state index in [-0.39, 0.29) is 25.5 Å². The van der Waals surface area contributed by atoms with Crippen LogP contribution in [0, 0.1) is 0 Å². The lowest BCUT2D eigenvalue weighted by Crippen LogP contribution is -2.42. The summed E-state index contributed by atoms with van der Waals surface area (Å²) >= 11 is 0. The van der Waals surface area contributed by atoms with E-state index in [2.05, 4.69) is 4.74 Å². The van der Waals surface area contributed by atoms with Crippen molar-refractivity contribution in [1.82, 2.24) is 4.90 Å². The first-order valence-electron chi connectivity index (χ1n) is 5.62. The van der Waals surface area contributed by atoms with Crippen molar-refractivity contribution in [1.29, 1.82) is 0 Å². The maximum absolute atomic E-state index is 11.8. The number of hydrogen-bond donors (Lipinski definition) is 1. The van der Waals surface area contributed by atoms with E-state index in [1.165, 1.54) is 4.90 Å². The van der Waals surface area contributed by atoms with Gasteiger partial charge in [-0.25, -0.2) is 8.78 Å². The highest BCUT2D eigenvalue weighted by Gasteiger charge is 2.20. The first-order chi connectivity index (χ1) is 7.76. The summed E-state index contributed by atoms with van der Waals surface area (Å²) in [5.41, 5.74) is -0.963. The summed E-state index contributed by atoms with van der Waals surface area (Å²) in [4.78, 5) is 13.1. The molecule has 0 radical (unpaired) electrons. The Morgan fingerprint density at radius 1 is 1.47 bits per heavy atom. The predicted molar refractivity (Wildman–Crippen MR) is 60.0 cm³/mol. The average Bonchev–Trinajstić information content (AvgIpc) is 2.19. The van der Waals surface area contributed by atoms with Gasteiger partial charge < -0.3 is 14.7 Å². The summed E-state index contributed by atoms with van der Waals surface area (Å²) in [6.45, 7) is 5.03. The molecule has 0 aliphatic heterocycles. The third kappa shape index (κ3) is 9.00. The molecule has 0 spiro atoms. The number of aliphatic hydroxyl groups is 1. The van der Waals surface area contributed by atoms with Crippen molar-refractivity contribution in [3.63, 3.8) is 0 Å². The molecule has 0 rings (SSSR count). The van der Waals surface area contributed by atoms with Crippen molar-refractivity contribution in [2.45, 2.75) is 39.2 Å². The normalized spacial score (nSPS) is 11.9. The number of carbonyl (C=O) groups excluding carboxylic acids is 1. The van der Waals surface area contributed by atoms with Gasteiger partial charge in [0.25, 0.3) is 6.43 Å². The number of halogens is 2. The van der Waals surface area contributed by atoms with Gasteiger partial charge in [0.2, 0.25) is 5.91 Å². The van der Waals surface area contributed by atoms with Gasteiger partial charge in [0.15, 0.2) is 0 Å². The zero-order valence-electron chi connectivity index (χ0n) is 10.6. The molecule has 0 bridgehead atoms. The van der Waals surface area contributed by atoms with E-state index in [0.717, 1.165) is 0 Å². The van der Waals surface area contributed by atoms with E-state index in [9.17, 15) is 18.7 Å². The Bertz CT molecular complexity index is 229. The van der Waals surface area contributed by atoms with Crippen LogP contribution in [-0.2, 0) is 9.53 Å². The molecule has 0 fully saturated rings. The Kier molecular flexibility index (Phi) is 7.22. The monoisotopic (exact) mass is 253 g/mol. The lowest BCUT2D eigenvalue weighted by molar-refractivity contribution is -0.135. The number of likely N-dealkylation sites (N-methyl/N-ethyl adjacent to an activating group) is 1. The van der Waals surface area contributed by atoms with Crippen LogP contribution in [0.4, 0.5) is 8.78 Å². The number of nitrogens with zero attached hydrogens (tertiary/aromatic N) is 1. The number of ether oxygens (including phenoxy) is 1. The molecule has 102 valence electrons. The van der Waals surface area contributed by atoms with Crippen LogP contribution in [0.2, 0.25) is 0 Å². The molecule has 1 N–H and O–H groups in total. The van der Waals surface area contributed by atoms with E-state index in [0.29, 0.717) is 6.54 Å². The van der Waals surface area contributed by atoms with Gasteiger partial charge in [-0.05, 0) is 20.8 Å². The topological polar surface area (TPSA) is 49.8 Å². The van der Waals surface area contributed by atoms with Gasteiger partial charge in [0, 0.05) is 13.1 Å². The molecule has 0 aromatic rings. The molecule has 0 aliphatic rings. The van der Waals surface area contributed by atoms with E-state index in [4.69, 9.17) is 0 Å². The number of carbonyl (C=O) groups is 1. The van der Waals surface area contributed by atoms with Crippen LogP contribution in [0.1, 0.15) is 27.2 Å². The fraction of sp³-hybridized carbons (Fsp3) is 0.909. The van der Waals surface area contributed by atoms with Crippen LogP contribution in [0.15, 0.2) is 0 Å². The van der Waals surface area contributed by atoms with Crippen LogP contribution >= 0.6 is 0 Å². The lowest BCUT2D eigenvalue weighted by atomic mass is 10.1. The molecule has 0 atom stereocenters. The minimum absolute atomic E-state index is 0.0223. The number of hydrogen-bond acceptors (Lipinski definition) is 3. The largest absolute Gasteiger partial charge is 0.389 e. The van der Waals surface area contributed by atoms with Crippen LogP contribution in [0.3, 0.4) is 0 Å². The Morgan fingerprint density at radius 2 is 2.06 bits per heavy atom. The Labute approximate surface area is 101 Å². The molecule has 0 aromatic heterocycles. The van der Waals surface area contributed by atoms with Crippen LogP contribution in [-0.4, -0.2) is 54.2 Å². The zero-order valence-corrected chi connectivity index (χ0v) is 10.6. The van der Waals surface area contributed by atoms with Gasteiger partial charge in [-0.3, -0.25) is 4.79 Å². The standard InChI is InChI=1S/C11H21F2NO3/c1-4-14(8-11(2,3)16)10(15)5-6-17-7-9(12)13/h9,16H,4-8H2,1-3H3. The summed E-state index contributed by atoms with van der Waals surface area (Å²) < 4.78 is 28.1. The molecule has 1 amide bonds. The minimum Gasteiger partial charge on any atom is -0.389 e. The summed E-state index contributed by atoms with van der Waals surface area (Å²) in [6.07, 6.45) is -2.46. The van der Waals surface area contributed by atoms with Crippen molar-refractivity contribution >= 4 is 5.91 Å². The van der Waals surface area contributed by atoms with E-state index in [1.807, 2.05) is 0 Å². The Morgan fingerprint density at radius 3 is 2.47 bits per heavy atom. The van der Waals surface area contributed by atoms with Crippen molar-refractivity contribution in [3.05, 3.63) is 0 Å². The number of amides is 1. The Hall–Kier alpha value is -0.750. The molecular formula is C11H21F2NO3. The first kappa shape index (κ1) is 16.2. The third-order valence-electron chi connectivity index (χ3n) is 2.02. The van der Waals surface area contributed by atoms with Gasteiger partial charge in [-0.1, -0.05) is 0 Å². The molecule has 0 unspecified atom stereocenters. The molecule has 0 aliphatic carbocycles. The zero-order chi connectivity index (χ0) is 13.5. The summed E-state index contributed by atoms with van der Waals surface area (Å²) in [7, 11) is 0. The van der Waals surface area contributed by atoms with Crippen LogP contribution < -0.4 is 0 Å². The van der Waals surface area contributed by atoms with Crippen LogP contribution in [0.5, 0.6) is 0 Å². The van der Waals surface area contributed by atoms with Gasteiger partial charge in [-0.2, -0.15) is 0 Å². The second-order valence-electron chi connectivity index (χ2n) is 4.44. The van der Waals surface area contributed by atoms with E-state index >= 15 is 0 Å². The highest BCUT2D eigenvalue weighted by molar-refractivity contribution is 5.76. The van der Waals surface area contributed by atoms with Gasteiger partial charge in [0.1, 0.15) is 6.61 Å². The van der Waals surface area contributed by atoms with Gasteiger partial charge in [0.05, 0.1) is 18.6 Å². The highest BCUT2D eigenvalue weighted by atomic mass is 19.3. The molecule has 0 aromatic carbocycles. The molecular weight excluding hydrogens is 232 g/mol. The summed E-state index contributed by atoms with van der Waals surface area (Å²) in [5.74, 6) is -0.205. The van der Waals surface area contributed by atoms with Crippen molar-refractivity contribution in [3.8, 4) is 0 Å². The number of rotatable bonds is 8. The molecule has 0 heterocycles. The molecule has 0 saturated carbocycles. The highest BCUT2D eigenvalue weighted by Crippen LogP contribution is 2.06. The second kappa shape index (κ2) is 7.55. The van der Waals surface area contributed by atoms with Crippen LogP contribution in [0.25, 0.3) is 0 Å². The van der Waals surface area contributed by atoms with E-state index in [1.54, 1.807) is 20.8 Å². The molecule has 0 saturated heterocycles. The molecule has 4 nitrogen and oxygen atoms in total. The maximum Gasteiger partial charge on any atom is 0.261 e. The quantitative estimate of drug-likeness (QED) is 0.663. The van der Waals surface area contributed by atoms with Crippen molar-refractivity contribution in [2.75, 3.05) is 26.3 Å². The number of alkyl halides is 2. The SMILES string of the molecule is CCN(CC(C)(C)O)C(=O)CCOCC(F)F. The second-order valence-corrected chi connectivity index (χ2v) is 4.44. The average molecular weight is 253 g/mol. The third-order valence-corrected chi connectivity index (χ3v) is 2.02. The smallest absolute Gasteiger partial charge is 0.261 e. The van der Waals surface area contributed by atoms with Crippen molar-refractivity contribution in [2.24, 2.45) is 0 Å². The Balaban J connectivity index is 3.93. The minimum atomic E-state index is -2.51. The summed E-state index contributed by atoms with van der Waals surface area (Å²) in [5, 5.41) is 9.59. The lowest BCUT2D eigenvalue weighted by Gasteiger charge is -2.28. The fourth-order valence-electron chi connectivity index (χ4n) is 1.33. The molecule has 17 heavy (non-hydrogen) atoms. The van der Waals surface area contributed by atoms with E-state index < -0.39 is 18.6 Å².